The van der Waals surface area contributed by atoms with E-state index in [4.69, 9.17) is 9.47 Å². The van der Waals surface area contributed by atoms with Gasteiger partial charge in [0, 0.05) is 25.0 Å². The van der Waals surface area contributed by atoms with Gasteiger partial charge in [-0.15, -0.1) is 0 Å². The molecule has 1 aromatic carbocycles. The number of aromatic nitrogens is 1. The van der Waals surface area contributed by atoms with Gasteiger partial charge in [-0.3, -0.25) is 4.98 Å². The number of nitrogens with zero attached hydrogens (tertiary/aromatic N) is 1. The van der Waals surface area contributed by atoms with Crippen LogP contribution in [0.5, 0.6) is 11.5 Å². The minimum atomic E-state index is 0.247. The van der Waals surface area contributed by atoms with E-state index < -0.39 is 0 Å². The lowest BCUT2D eigenvalue weighted by Gasteiger charge is -2.15. The normalized spacial score (nSPS) is 12.0. The van der Waals surface area contributed by atoms with Crippen molar-refractivity contribution >= 4 is 0 Å². The molecule has 0 radical (unpaired) electrons. The monoisotopic (exact) mass is 286 g/mol. The molecule has 0 saturated carbocycles. The summed E-state index contributed by atoms with van der Waals surface area (Å²) in [7, 11) is 1.66. The smallest absolute Gasteiger partial charge is 0.161 e. The van der Waals surface area contributed by atoms with Crippen molar-refractivity contribution in [2.45, 2.75) is 26.4 Å². The predicted octanol–water partition coefficient (Wildman–Crippen LogP) is 3.34. The van der Waals surface area contributed by atoms with Crippen LogP contribution in [0.2, 0.25) is 0 Å². The molecule has 4 heteroatoms. The van der Waals surface area contributed by atoms with Crippen LogP contribution in [0, 0.1) is 0 Å². The van der Waals surface area contributed by atoms with Crippen molar-refractivity contribution in [2.75, 3.05) is 13.7 Å². The molecule has 21 heavy (non-hydrogen) atoms. The third-order valence-electron chi connectivity index (χ3n) is 3.32. The number of ether oxygens (including phenoxy) is 2. The molecule has 1 atom stereocenters. The number of hydrogen-bond donors (Lipinski definition) is 1. The largest absolute Gasteiger partial charge is 0.493 e. The molecular weight excluding hydrogens is 264 g/mol. The molecule has 0 fully saturated rings. The lowest BCUT2D eigenvalue weighted by atomic mass is 10.1. The molecule has 0 aliphatic heterocycles. The molecule has 1 heterocycles. The summed E-state index contributed by atoms with van der Waals surface area (Å²) >= 11 is 0. The van der Waals surface area contributed by atoms with E-state index in [-0.39, 0.29) is 6.04 Å². The van der Waals surface area contributed by atoms with Crippen LogP contribution >= 0.6 is 0 Å². The maximum atomic E-state index is 5.52. The Morgan fingerprint density at radius 3 is 2.76 bits per heavy atom. The van der Waals surface area contributed by atoms with Crippen LogP contribution in [0.3, 0.4) is 0 Å². The Kier molecular flexibility index (Phi) is 5.58. The van der Waals surface area contributed by atoms with Crippen molar-refractivity contribution < 1.29 is 9.47 Å². The number of benzene rings is 1. The van der Waals surface area contributed by atoms with Gasteiger partial charge in [0.15, 0.2) is 11.5 Å². The predicted molar refractivity (Wildman–Crippen MR) is 83.7 cm³/mol. The van der Waals surface area contributed by atoms with Crippen LogP contribution in [0.1, 0.15) is 31.0 Å². The molecule has 0 amide bonds. The van der Waals surface area contributed by atoms with Crippen molar-refractivity contribution in [1.82, 2.24) is 10.3 Å². The minimum absolute atomic E-state index is 0.247. The number of hydrogen-bond acceptors (Lipinski definition) is 4. The first-order valence-corrected chi connectivity index (χ1v) is 7.17. The fourth-order valence-electron chi connectivity index (χ4n) is 2.12. The molecule has 112 valence electrons. The summed E-state index contributed by atoms with van der Waals surface area (Å²) in [6, 6.07) is 10.3. The van der Waals surface area contributed by atoms with Gasteiger partial charge in [-0.25, -0.2) is 0 Å². The second-order valence-corrected chi connectivity index (χ2v) is 4.81. The number of nitrogens with one attached hydrogen (secondary N) is 1. The fourth-order valence-corrected chi connectivity index (χ4v) is 2.12. The zero-order valence-electron chi connectivity index (χ0n) is 12.8. The zero-order valence-corrected chi connectivity index (χ0v) is 12.8. The van der Waals surface area contributed by atoms with E-state index in [0.29, 0.717) is 6.61 Å². The lowest BCUT2D eigenvalue weighted by Crippen LogP contribution is -2.18. The molecule has 0 unspecified atom stereocenters. The summed E-state index contributed by atoms with van der Waals surface area (Å²) in [6.07, 6.45) is 3.67. The molecule has 0 saturated heterocycles. The van der Waals surface area contributed by atoms with E-state index in [2.05, 4.69) is 29.4 Å². The van der Waals surface area contributed by atoms with Gasteiger partial charge in [-0.2, -0.15) is 0 Å². The topological polar surface area (TPSA) is 43.4 Å². The quantitative estimate of drug-likeness (QED) is 0.847. The molecule has 4 nitrogen and oxygen atoms in total. The Labute approximate surface area is 126 Å². The fraction of sp³-hybridized carbons (Fsp3) is 0.353. The molecule has 2 aromatic rings. The standard InChI is InChI=1S/C17H22N2O2/c1-4-21-16-8-7-14(10-17(16)20-3)11-19-13(2)15-6-5-9-18-12-15/h5-10,12-13,19H,4,11H2,1-3H3/t13-/m0/s1. The van der Waals surface area contributed by atoms with Gasteiger partial charge in [-0.1, -0.05) is 12.1 Å². The summed E-state index contributed by atoms with van der Waals surface area (Å²) < 4.78 is 10.9. The van der Waals surface area contributed by atoms with E-state index >= 15 is 0 Å². The average Bonchev–Trinajstić information content (AvgIpc) is 2.54. The van der Waals surface area contributed by atoms with Gasteiger partial charge in [-0.05, 0) is 43.2 Å². The first-order chi connectivity index (χ1) is 10.2. The second kappa shape index (κ2) is 7.64. The minimum Gasteiger partial charge on any atom is -0.493 e. The summed E-state index contributed by atoms with van der Waals surface area (Å²) in [5.74, 6) is 1.55. The highest BCUT2D eigenvalue weighted by Gasteiger charge is 2.08. The van der Waals surface area contributed by atoms with Crippen LogP contribution in [-0.2, 0) is 6.54 Å². The van der Waals surface area contributed by atoms with Gasteiger partial charge in [0.05, 0.1) is 13.7 Å². The third-order valence-corrected chi connectivity index (χ3v) is 3.32. The number of pyridine rings is 1. The Balaban J connectivity index is 2.00. The Hall–Kier alpha value is -2.07. The van der Waals surface area contributed by atoms with Crippen molar-refractivity contribution in [3.63, 3.8) is 0 Å². The number of rotatable bonds is 7. The Bertz CT molecular complexity index is 558. The average molecular weight is 286 g/mol. The van der Waals surface area contributed by atoms with Crippen molar-refractivity contribution in [2.24, 2.45) is 0 Å². The van der Waals surface area contributed by atoms with Crippen LogP contribution < -0.4 is 14.8 Å². The highest BCUT2D eigenvalue weighted by atomic mass is 16.5. The SMILES string of the molecule is CCOc1ccc(CN[C@@H](C)c2cccnc2)cc1OC. The van der Waals surface area contributed by atoms with Gasteiger partial charge in [0.25, 0.3) is 0 Å². The molecule has 0 bridgehead atoms. The zero-order chi connectivity index (χ0) is 15.1. The molecule has 1 aromatic heterocycles. The first-order valence-electron chi connectivity index (χ1n) is 7.17. The second-order valence-electron chi connectivity index (χ2n) is 4.81. The van der Waals surface area contributed by atoms with E-state index in [9.17, 15) is 0 Å². The summed E-state index contributed by atoms with van der Waals surface area (Å²) in [5.41, 5.74) is 2.33. The molecule has 0 spiro atoms. The molecule has 0 aliphatic rings. The summed E-state index contributed by atoms with van der Waals surface area (Å²) in [5, 5.41) is 3.48. The van der Waals surface area contributed by atoms with E-state index in [1.54, 1.807) is 13.3 Å². The van der Waals surface area contributed by atoms with Crippen LogP contribution in [0.15, 0.2) is 42.7 Å². The molecule has 0 aliphatic carbocycles. The van der Waals surface area contributed by atoms with E-state index in [0.717, 1.165) is 23.6 Å². The summed E-state index contributed by atoms with van der Waals surface area (Å²) in [6.45, 7) is 5.48. The van der Waals surface area contributed by atoms with Crippen molar-refractivity contribution in [3.05, 3.63) is 53.9 Å². The molecule has 1 N–H and O–H groups in total. The third kappa shape index (κ3) is 4.20. The molecule has 2 rings (SSSR count). The summed E-state index contributed by atoms with van der Waals surface area (Å²) in [4.78, 5) is 4.14. The first kappa shape index (κ1) is 15.3. The van der Waals surface area contributed by atoms with Crippen LogP contribution in [0.25, 0.3) is 0 Å². The maximum Gasteiger partial charge on any atom is 0.161 e. The van der Waals surface area contributed by atoms with Gasteiger partial charge >= 0.3 is 0 Å². The Morgan fingerprint density at radius 1 is 1.24 bits per heavy atom. The van der Waals surface area contributed by atoms with Crippen LogP contribution in [0.4, 0.5) is 0 Å². The maximum absolute atomic E-state index is 5.52. The van der Waals surface area contributed by atoms with Gasteiger partial charge < -0.3 is 14.8 Å². The van der Waals surface area contributed by atoms with Gasteiger partial charge in [0.2, 0.25) is 0 Å². The van der Waals surface area contributed by atoms with Gasteiger partial charge in [0.1, 0.15) is 0 Å². The molecular formula is C17H22N2O2. The number of methoxy groups -OCH3 is 1. The lowest BCUT2D eigenvalue weighted by molar-refractivity contribution is 0.310. The Morgan fingerprint density at radius 2 is 2.10 bits per heavy atom. The van der Waals surface area contributed by atoms with Crippen LogP contribution in [-0.4, -0.2) is 18.7 Å². The van der Waals surface area contributed by atoms with E-state index in [1.165, 1.54) is 5.56 Å². The van der Waals surface area contributed by atoms with Crippen molar-refractivity contribution in [1.29, 1.82) is 0 Å². The highest BCUT2D eigenvalue weighted by molar-refractivity contribution is 5.43. The van der Waals surface area contributed by atoms with E-state index in [1.807, 2.05) is 31.3 Å². The highest BCUT2D eigenvalue weighted by Crippen LogP contribution is 2.28. The van der Waals surface area contributed by atoms with Crippen molar-refractivity contribution in [3.8, 4) is 11.5 Å².